The molecule has 0 aliphatic rings. The van der Waals surface area contributed by atoms with E-state index in [1.165, 1.54) is 6.07 Å². The van der Waals surface area contributed by atoms with Gasteiger partial charge in [0, 0.05) is 18.5 Å². The zero-order valence-electron chi connectivity index (χ0n) is 11.7. The highest BCUT2D eigenvalue weighted by atomic mass is 35.5. The molecule has 3 nitrogen and oxygen atoms in total. The van der Waals surface area contributed by atoms with E-state index in [1.54, 1.807) is 0 Å². The Bertz CT molecular complexity index is 447. The first-order valence-electron chi connectivity index (χ1n) is 6.27. The highest BCUT2D eigenvalue weighted by molar-refractivity contribution is 5.85. The number of aryl methyl sites for hydroxylation is 1. The number of halogens is 3. The first-order valence-corrected chi connectivity index (χ1v) is 6.27. The van der Waals surface area contributed by atoms with Gasteiger partial charge in [-0.3, -0.25) is 4.79 Å². The molecule has 0 atom stereocenters. The summed E-state index contributed by atoms with van der Waals surface area (Å²) in [4.78, 5) is 11.5. The molecule has 0 heterocycles. The lowest BCUT2D eigenvalue weighted by atomic mass is 10.1. The average molecular weight is 307 g/mol. The van der Waals surface area contributed by atoms with Gasteiger partial charge in [-0.05, 0) is 44.4 Å². The normalized spacial score (nSPS) is 10.8. The van der Waals surface area contributed by atoms with Crippen molar-refractivity contribution in [1.29, 1.82) is 0 Å². The first kappa shape index (κ1) is 18.8. The van der Waals surface area contributed by atoms with E-state index in [0.717, 1.165) is 12.1 Å². The molecule has 0 unspecified atom stereocenters. The zero-order chi connectivity index (χ0) is 14.5. The van der Waals surface area contributed by atoms with Crippen LogP contribution in [-0.4, -0.2) is 18.0 Å². The lowest BCUT2D eigenvalue weighted by Gasteiger charge is -2.18. The number of carbonyl (C=O) groups excluding carboxylic acids is 1. The third-order valence-electron chi connectivity index (χ3n) is 2.59. The topological polar surface area (TPSA) is 55.1 Å². The third kappa shape index (κ3) is 7.40. The molecule has 1 aromatic carbocycles. The number of nitrogens with one attached hydrogen (secondary N) is 1. The summed E-state index contributed by atoms with van der Waals surface area (Å²) in [5.41, 5.74) is 5.99. The van der Waals surface area contributed by atoms with Gasteiger partial charge in [-0.1, -0.05) is 6.07 Å². The molecule has 0 fully saturated rings. The Morgan fingerprint density at radius 3 is 2.50 bits per heavy atom. The Kier molecular flexibility index (Phi) is 7.68. The van der Waals surface area contributed by atoms with Gasteiger partial charge in [-0.15, -0.1) is 12.4 Å². The van der Waals surface area contributed by atoms with Crippen LogP contribution in [0.1, 0.15) is 32.3 Å². The molecule has 1 rings (SSSR count). The summed E-state index contributed by atoms with van der Waals surface area (Å²) in [5, 5.41) is 2.73. The molecule has 114 valence electrons. The molecule has 0 saturated heterocycles. The van der Waals surface area contributed by atoms with Gasteiger partial charge in [-0.2, -0.15) is 0 Å². The van der Waals surface area contributed by atoms with Gasteiger partial charge < -0.3 is 11.1 Å². The van der Waals surface area contributed by atoms with Crippen LogP contribution in [0.3, 0.4) is 0 Å². The van der Waals surface area contributed by atoms with Gasteiger partial charge in [0.2, 0.25) is 5.91 Å². The molecule has 3 N–H and O–H groups in total. The number of hydrogen-bond acceptors (Lipinski definition) is 2. The predicted molar refractivity (Wildman–Crippen MR) is 77.8 cm³/mol. The summed E-state index contributed by atoms with van der Waals surface area (Å²) in [5.74, 6) is -1.79. The van der Waals surface area contributed by atoms with E-state index in [-0.39, 0.29) is 18.3 Å². The maximum Gasteiger partial charge on any atom is 0.220 e. The number of carbonyl (C=O) groups is 1. The van der Waals surface area contributed by atoms with Gasteiger partial charge in [-0.25, -0.2) is 8.78 Å². The summed E-state index contributed by atoms with van der Waals surface area (Å²) in [6.45, 7) is 4.07. The molecule has 0 aliphatic heterocycles. The maximum atomic E-state index is 12.9. The van der Waals surface area contributed by atoms with Crippen molar-refractivity contribution in [3.8, 4) is 0 Å². The van der Waals surface area contributed by atoms with Gasteiger partial charge in [0.1, 0.15) is 0 Å². The van der Waals surface area contributed by atoms with Crippen molar-refractivity contribution in [3.63, 3.8) is 0 Å². The number of rotatable bonds is 6. The second-order valence-corrected chi connectivity index (χ2v) is 5.37. The number of amides is 1. The fraction of sp³-hybridized carbons (Fsp3) is 0.500. The Balaban J connectivity index is 0.00000361. The molecule has 0 aromatic heterocycles. The number of hydrogen-bond donors (Lipinski definition) is 2. The van der Waals surface area contributed by atoms with Crippen LogP contribution in [0.15, 0.2) is 18.2 Å². The summed E-state index contributed by atoms with van der Waals surface area (Å²) in [7, 11) is 0. The van der Waals surface area contributed by atoms with Crippen LogP contribution in [0.5, 0.6) is 0 Å². The van der Waals surface area contributed by atoms with E-state index >= 15 is 0 Å². The highest BCUT2D eigenvalue weighted by Gasteiger charge is 2.12. The Morgan fingerprint density at radius 1 is 1.30 bits per heavy atom. The van der Waals surface area contributed by atoms with E-state index in [4.69, 9.17) is 5.73 Å². The van der Waals surface area contributed by atoms with Crippen LogP contribution in [0.4, 0.5) is 8.78 Å². The van der Waals surface area contributed by atoms with E-state index in [1.807, 2.05) is 13.8 Å². The van der Waals surface area contributed by atoms with Gasteiger partial charge >= 0.3 is 0 Å². The van der Waals surface area contributed by atoms with Crippen molar-refractivity contribution in [2.24, 2.45) is 5.73 Å². The van der Waals surface area contributed by atoms with Crippen LogP contribution in [0, 0.1) is 11.6 Å². The van der Waals surface area contributed by atoms with Crippen molar-refractivity contribution >= 4 is 18.3 Å². The largest absolute Gasteiger partial charge is 0.354 e. The molecule has 0 spiro atoms. The average Bonchev–Trinajstić information content (AvgIpc) is 2.30. The summed E-state index contributed by atoms with van der Waals surface area (Å²) < 4.78 is 25.7. The molecule has 0 radical (unpaired) electrons. The van der Waals surface area contributed by atoms with Gasteiger partial charge in [0.05, 0.1) is 0 Å². The minimum Gasteiger partial charge on any atom is -0.354 e. The molecule has 1 aromatic rings. The first-order chi connectivity index (χ1) is 8.78. The van der Waals surface area contributed by atoms with Gasteiger partial charge in [0.15, 0.2) is 11.6 Å². The monoisotopic (exact) mass is 306 g/mol. The number of nitrogens with two attached hydrogens (primary N) is 1. The van der Waals surface area contributed by atoms with Crippen LogP contribution >= 0.6 is 12.4 Å². The van der Waals surface area contributed by atoms with Crippen LogP contribution in [0.2, 0.25) is 0 Å². The fourth-order valence-corrected chi connectivity index (χ4v) is 1.56. The van der Waals surface area contributed by atoms with Gasteiger partial charge in [0.25, 0.3) is 0 Å². The highest BCUT2D eigenvalue weighted by Crippen LogP contribution is 2.11. The number of benzene rings is 1. The summed E-state index contributed by atoms with van der Waals surface area (Å²) in [6.07, 6.45) is 1.47. The Labute approximate surface area is 124 Å². The van der Waals surface area contributed by atoms with Crippen LogP contribution in [-0.2, 0) is 11.2 Å². The molecular weight excluding hydrogens is 286 g/mol. The molecule has 1 amide bonds. The molecule has 0 aliphatic carbocycles. The quantitative estimate of drug-likeness (QED) is 0.848. The third-order valence-corrected chi connectivity index (χ3v) is 2.59. The Morgan fingerprint density at radius 2 is 1.95 bits per heavy atom. The minimum atomic E-state index is -0.855. The standard InChI is InChI=1S/C14H20F2N2O.ClH/c1-14(2,17)9-18-13(19)5-3-4-10-6-7-11(15)12(16)8-10;/h6-8H,3-5,9,17H2,1-2H3,(H,18,19);1H. The Hall–Kier alpha value is -1.20. The minimum absolute atomic E-state index is 0. The molecule has 6 heteroatoms. The fourth-order valence-electron chi connectivity index (χ4n) is 1.56. The van der Waals surface area contributed by atoms with Crippen LogP contribution in [0.25, 0.3) is 0 Å². The van der Waals surface area contributed by atoms with Crippen molar-refractivity contribution in [3.05, 3.63) is 35.4 Å². The summed E-state index contributed by atoms with van der Waals surface area (Å²) in [6, 6.07) is 3.79. The molecule has 20 heavy (non-hydrogen) atoms. The summed E-state index contributed by atoms with van der Waals surface area (Å²) >= 11 is 0. The van der Waals surface area contributed by atoms with Crippen LogP contribution < -0.4 is 11.1 Å². The lowest BCUT2D eigenvalue weighted by molar-refractivity contribution is -0.121. The van der Waals surface area contributed by atoms with E-state index < -0.39 is 17.2 Å². The van der Waals surface area contributed by atoms with Crippen molar-refractivity contribution in [2.45, 2.75) is 38.6 Å². The molecule has 0 saturated carbocycles. The van der Waals surface area contributed by atoms with Crippen molar-refractivity contribution in [1.82, 2.24) is 5.32 Å². The molecule has 0 bridgehead atoms. The second kappa shape index (κ2) is 8.17. The van der Waals surface area contributed by atoms with E-state index in [0.29, 0.717) is 31.4 Å². The van der Waals surface area contributed by atoms with Crippen molar-refractivity contribution in [2.75, 3.05) is 6.54 Å². The smallest absolute Gasteiger partial charge is 0.220 e. The van der Waals surface area contributed by atoms with E-state index in [9.17, 15) is 13.6 Å². The van der Waals surface area contributed by atoms with E-state index in [2.05, 4.69) is 5.32 Å². The van der Waals surface area contributed by atoms with Crippen molar-refractivity contribution < 1.29 is 13.6 Å². The lowest BCUT2D eigenvalue weighted by Crippen LogP contribution is -2.45. The zero-order valence-corrected chi connectivity index (χ0v) is 12.5. The maximum absolute atomic E-state index is 12.9. The second-order valence-electron chi connectivity index (χ2n) is 5.37. The SMILES string of the molecule is CC(C)(N)CNC(=O)CCCc1ccc(F)c(F)c1.Cl. The predicted octanol–water partition coefficient (Wildman–Crippen LogP) is 2.56. The molecular formula is C14H21ClF2N2O.